The summed E-state index contributed by atoms with van der Waals surface area (Å²) in [5, 5.41) is 10.5. The number of Topliss-reactive ketones (excluding diaryl/α,β-unsaturated/α-hetero) is 1. The number of quaternary nitrogens is 2. The Morgan fingerprint density at radius 3 is 2.18 bits per heavy atom. The van der Waals surface area contributed by atoms with Gasteiger partial charge in [0, 0.05) is 0 Å². The number of ether oxygens (including phenoxy) is 1. The topological polar surface area (TPSA) is 55.4 Å². The molecule has 5 nitrogen and oxygen atoms in total. The largest absolute Gasteiger partial charge is 0.504 e. The summed E-state index contributed by atoms with van der Waals surface area (Å²) in [5.74, 6) is 1.23. The summed E-state index contributed by atoms with van der Waals surface area (Å²) in [7, 11) is 1.58. The molecule has 0 spiro atoms. The highest BCUT2D eigenvalue weighted by atomic mass is 16.5. The lowest BCUT2D eigenvalue weighted by molar-refractivity contribution is -1.18. The zero-order valence-electron chi connectivity index (χ0n) is 13.4. The van der Waals surface area contributed by atoms with Gasteiger partial charge in [-0.25, -0.2) is 0 Å². The second kappa shape index (κ2) is 4.24. The molecule has 22 heavy (non-hydrogen) atoms. The number of hydrogen-bond acceptors (Lipinski definition) is 3. The first-order valence-corrected chi connectivity index (χ1v) is 7.98. The minimum atomic E-state index is -0.207. The number of benzene rings is 1. The van der Waals surface area contributed by atoms with Gasteiger partial charge < -0.3 is 9.84 Å². The van der Waals surface area contributed by atoms with Crippen molar-refractivity contribution in [2.45, 2.75) is 20.0 Å². The van der Waals surface area contributed by atoms with Crippen LogP contribution in [0.2, 0.25) is 0 Å². The van der Waals surface area contributed by atoms with E-state index in [9.17, 15) is 9.90 Å². The van der Waals surface area contributed by atoms with Gasteiger partial charge >= 0.3 is 0 Å². The highest BCUT2D eigenvalue weighted by Gasteiger charge is 2.68. The van der Waals surface area contributed by atoms with Crippen LogP contribution in [0.4, 0.5) is 0 Å². The number of ketones is 1. The maximum Gasteiger partial charge on any atom is 0.244 e. The van der Waals surface area contributed by atoms with Crippen LogP contribution < -0.4 is 14.5 Å². The van der Waals surface area contributed by atoms with E-state index in [2.05, 4.69) is 13.8 Å². The Balaban J connectivity index is 1.77. The van der Waals surface area contributed by atoms with Gasteiger partial charge in [-0.05, 0) is 26.0 Å². The minimum Gasteiger partial charge on any atom is -0.504 e. The molecule has 5 heteroatoms. The monoisotopic (exact) mass is 304 g/mol. The molecule has 1 aromatic carbocycles. The molecule has 4 saturated heterocycles. The molecule has 4 heterocycles. The number of piperidine rings is 2. The number of methoxy groups -OCH3 is 1. The first-order chi connectivity index (χ1) is 10.4. The molecular weight excluding hydrogens is 280 g/mol. The van der Waals surface area contributed by atoms with Gasteiger partial charge in [-0.1, -0.05) is 6.07 Å². The number of phenolic OH excluding ortho intramolecular Hbond substituents is 1. The predicted molar refractivity (Wildman–Crippen MR) is 80.0 cm³/mol. The minimum absolute atomic E-state index is 0.198. The van der Waals surface area contributed by atoms with E-state index in [0.717, 1.165) is 31.7 Å². The van der Waals surface area contributed by atoms with Gasteiger partial charge in [-0.15, -0.1) is 0 Å². The zero-order valence-corrected chi connectivity index (χ0v) is 13.4. The molecule has 0 atom stereocenters. The number of carbonyl (C=O) groups excluding carboxylic acids is 1. The normalized spacial score (nSPS) is 42.7. The van der Waals surface area contributed by atoms with Crippen molar-refractivity contribution in [3.63, 3.8) is 0 Å². The van der Waals surface area contributed by atoms with Crippen LogP contribution in [0.25, 0.3) is 0 Å². The van der Waals surface area contributed by atoms with Crippen LogP contribution in [0.1, 0.15) is 25.6 Å². The van der Waals surface area contributed by atoms with Gasteiger partial charge in [0.15, 0.2) is 17.3 Å². The molecule has 3 N–H and O–H groups in total. The molecule has 4 aliphatic heterocycles. The summed E-state index contributed by atoms with van der Waals surface area (Å²) in [5.41, 5.74) is 0.532. The quantitative estimate of drug-likeness (QED) is 0.643. The number of aromatic hydroxyl groups is 1. The van der Waals surface area contributed by atoms with E-state index in [1.807, 2.05) is 12.1 Å². The van der Waals surface area contributed by atoms with Gasteiger partial charge in [0.1, 0.15) is 42.6 Å². The van der Waals surface area contributed by atoms with E-state index >= 15 is 0 Å². The first kappa shape index (κ1) is 14.0. The molecule has 0 radical (unpaired) electrons. The van der Waals surface area contributed by atoms with E-state index in [-0.39, 0.29) is 22.7 Å². The third kappa shape index (κ3) is 1.64. The molecule has 0 unspecified atom stereocenters. The van der Waals surface area contributed by atoms with Crippen LogP contribution in [0.15, 0.2) is 18.2 Å². The Morgan fingerprint density at radius 1 is 1.14 bits per heavy atom. The molecular formula is C17H24N2O3+2. The van der Waals surface area contributed by atoms with Gasteiger partial charge in [0.25, 0.3) is 0 Å². The fraction of sp³-hybridized carbons (Fsp3) is 0.588. The lowest BCUT2D eigenvalue weighted by Crippen LogP contribution is -3.41. The number of phenols is 1. The standard InChI is InChI=1S/C17H22N2O3/c1-16-7-18-9-17(2,15(16)21)10-19(8-16)14(18)11-5-4-6-12(22-3)13(11)20/h4-6,14,20H,7-10H2,1-3H3/p+2. The van der Waals surface area contributed by atoms with Crippen molar-refractivity contribution < 1.29 is 24.4 Å². The molecule has 0 amide bonds. The van der Waals surface area contributed by atoms with E-state index in [0.29, 0.717) is 11.5 Å². The number of hydrogen-bond donors (Lipinski definition) is 3. The lowest BCUT2D eigenvalue weighted by atomic mass is 9.62. The van der Waals surface area contributed by atoms with Gasteiger partial charge in [-0.3, -0.25) is 14.6 Å². The van der Waals surface area contributed by atoms with Crippen molar-refractivity contribution >= 4 is 5.78 Å². The third-order valence-corrected chi connectivity index (χ3v) is 5.94. The summed E-state index contributed by atoms with van der Waals surface area (Å²) in [4.78, 5) is 15.6. The lowest BCUT2D eigenvalue weighted by Gasteiger charge is -2.58. The summed E-state index contributed by atoms with van der Waals surface area (Å²) in [6, 6.07) is 5.72. The van der Waals surface area contributed by atoms with Crippen molar-refractivity contribution in [3.8, 4) is 11.5 Å². The second-order valence-corrected chi connectivity index (χ2v) is 7.81. The fourth-order valence-electron chi connectivity index (χ4n) is 5.38. The number of nitrogens with one attached hydrogen (secondary N) is 2. The van der Waals surface area contributed by atoms with Crippen molar-refractivity contribution in [2.75, 3.05) is 33.3 Å². The zero-order chi connectivity index (χ0) is 15.7. The van der Waals surface area contributed by atoms with Gasteiger partial charge in [0.05, 0.1) is 7.11 Å². The van der Waals surface area contributed by atoms with E-state index in [4.69, 9.17) is 4.74 Å². The number of rotatable bonds is 2. The molecule has 1 aromatic rings. The van der Waals surface area contributed by atoms with Crippen LogP contribution in [-0.4, -0.2) is 44.2 Å². The molecule has 0 saturated carbocycles. The van der Waals surface area contributed by atoms with Crippen LogP contribution in [0.5, 0.6) is 11.5 Å². The second-order valence-electron chi connectivity index (χ2n) is 7.81. The van der Waals surface area contributed by atoms with E-state index < -0.39 is 0 Å². The number of carbonyl (C=O) groups is 1. The van der Waals surface area contributed by atoms with Crippen molar-refractivity contribution in [1.82, 2.24) is 0 Å². The maximum atomic E-state index is 12.7. The molecule has 118 valence electrons. The van der Waals surface area contributed by atoms with Crippen molar-refractivity contribution in [2.24, 2.45) is 10.8 Å². The summed E-state index contributed by atoms with van der Waals surface area (Å²) >= 11 is 0. The smallest absolute Gasteiger partial charge is 0.244 e. The molecule has 4 bridgehead atoms. The average Bonchev–Trinajstić information content (AvgIpc) is 2.45. The van der Waals surface area contributed by atoms with Gasteiger partial charge in [0.2, 0.25) is 6.17 Å². The Labute approximate surface area is 130 Å². The Morgan fingerprint density at radius 2 is 1.68 bits per heavy atom. The average molecular weight is 304 g/mol. The third-order valence-electron chi connectivity index (χ3n) is 5.94. The van der Waals surface area contributed by atoms with E-state index in [1.54, 1.807) is 13.2 Å². The summed E-state index contributed by atoms with van der Waals surface area (Å²) in [6.45, 7) is 7.71. The molecule has 0 aliphatic carbocycles. The summed E-state index contributed by atoms with van der Waals surface area (Å²) < 4.78 is 5.26. The molecule has 4 aliphatic rings. The van der Waals surface area contributed by atoms with Crippen LogP contribution in [0.3, 0.4) is 0 Å². The van der Waals surface area contributed by atoms with Crippen LogP contribution in [-0.2, 0) is 4.79 Å². The fourth-order valence-corrected chi connectivity index (χ4v) is 5.38. The highest BCUT2D eigenvalue weighted by Crippen LogP contribution is 2.38. The first-order valence-electron chi connectivity index (χ1n) is 7.98. The SMILES string of the molecule is COc1cccc(C2[NH+]3CC4(C)C[NH+]2CC(C)(C3)C4=O)c1O. The van der Waals surface area contributed by atoms with Crippen LogP contribution >= 0.6 is 0 Å². The van der Waals surface area contributed by atoms with Crippen molar-refractivity contribution in [1.29, 1.82) is 0 Å². The maximum absolute atomic E-state index is 12.7. The van der Waals surface area contributed by atoms with Gasteiger partial charge in [-0.2, -0.15) is 0 Å². The van der Waals surface area contributed by atoms with Crippen LogP contribution in [0, 0.1) is 10.8 Å². The molecule has 5 rings (SSSR count). The Kier molecular flexibility index (Phi) is 2.70. The summed E-state index contributed by atoms with van der Waals surface area (Å²) in [6.07, 6.45) is 0.198. The Hall–Kier alpha value is -1.59. The van der Waals surface area contributed by atoms with E-state index in [1.165, 1.54) is 9.80 Å². The number of para-hydroxylation sites is 1. The highest BCUT2D eigenvalue weighted by molar-refractivity contribution is 5.91. The Bertz CT molecular complexity index is 617. The van der Waals surface area contributed by atoms with Crippen molar-refractivity contribution in [3.05, 3.63) is 23.8 Å². The predicted octanol–water partition coefficient (Wildman–Crippen LogP) is -1.21. The molecule has 0 aromatic heterocycles. The molecule has 4 fully saturated rings.